The predicted molar refractivity (Wildman–Crippen MR) is 117 cm³/mol. The first-order valence-corrected chi connectivity index (χ1v) is 11.8. The Morgan fingerprint density at radius 3 is 2.25 bits per heavy atom. The van der Waals surface area contributed by atoms with Crippen molar-refractivity contribution in [1.29, 1.82) is 5.26 Å². The van der Waals surface area contributed by atoms with Crippen molar-refractivity contribution in [3.8, 4) is 11.8 Å². The van der Waals surface area contributed by atoms with E-state index in [1.807, 2.05) is 6.07 Å². The summed E-state index contributed by atoms with van der Waals surface area (Å²) < 4.78 is 72.2. The van der Waals surface area contributed by atoms with Crippen molar-refractivity contribution in [3.63, 3.8) is 0 Å². The number of benzene rings is 1. The number of amides is 3. The van der Waals surface area contributed by atoms with Gasteiger partial charge in [0, 0.05) is 31.5 Å². The maximum absolute atomic E-state index is 15.1. The normalized spacial score (nSPS) is 20.7. The van der Waals surface area contributed by atoms with Crippen molar-refractivity contribution in [2.24, 2.45) is 5.41 Å². The Labute approximate surface area is 204 Å². The average molecular weight is 514 g/mol. The molecule has 1 atom stereocenters. The topological polar surface area (TPSA) is 94.5 Å². The maximum Gasteiger partial charge on any atom is 0.573 e. The van der Waals surface area contributed by atoms with Crippen LogP contribution in [0.4, 0.5) is 26.7 Å². The minimum atomic E-state index is -5.06. The largest absolute Gasteiger partial charge is 0.573 e. The number of piperidine rings is 1. The van der Waals surface area contributed by atoms with E-state index in [-0.39, 0.29) is 5.41 Å². The lowest BCUT2D eigenvalue weighted by atomic mass is 9.94. The quantitative estimate of drug-likeness (QED) is 0.507. The van der Waals surface area contributed by atoms with E-state index in [9.17, 15) is 28.0 Å². The molecule has 0 radical (unpaired) electrons. The number of carbonyl (C=O) groups excluding carboxylic acids is 2. The number of nitrogens with zero attached hydrogens (tertiary/aromatic N) is 2. The van der Waals surface area contributed by atoms with E-state index in [0.717, 1.165) is 37.8 Å². The summed E-state index contributed by atoms with van der Waals surface area (Å²) in [6.07, 6.45) is -2.82. The molecule has 3 amide bonds. The molecule has 2 N–H and O–H groups in total. The van der Waals surface area contributed by atoms with E-state index >= 15 is 8.78 Å². The summed E-state index contributed by atoms with van der Waals surface area (Å²) in [6.45, 7) is 0.891. The zero-order valence-electron chi connectivity index (χ0n) is 19.5. The van der Waals surface area contributed by atoms with Crippen LogP contribution in [-0.4, -0.2) is 53.8 Å². The lowest BCUT2D eigenvalue weighted by Gasteiger charge is -2.34. The van der Waals surface area contributed by atoms with E-state index in [1.165, 1.54) is 17.0 Å². The second kappa shape index (κ2) is 9.41. The number of urea groups is 1. The summed E-state index contributed by atoms with van der Waals surface area (Å²) in [5.74, 6) is -5.38. The number of nitriles is 1. The number of hydrogen-bond acceptors (Lipinski definition) is 4. The van der Waals surface area contributed by atoms with Crippen molar-refractivity contribution in [2.75, 3.05) is 13.1 Å². The number of likely N-dealkylation sites (tertiary alicyclic amines) is 1. The van der Waals surface area contributed by atoms with Crippen molar-refractivity contribution in [2.45, 2.75) is 75.2 Å². The molecule has 0 aromatic heterocycles. The maximum atomic E-state index is 15.1. The number of halogens is 5. The molecule has 1 unspecified atom stereocenters. The van der Waals surface area contributed by atoms with Crippen LogP contribution in [0, 0.1) is 16.7 Å². The highest BCUT2D eigenvalue weighted by molar-refractivity contribution is 5.88. The van der Waals surface area contributed by atoms with Gasteiger partial charge in [0.15, 0.2) is 0 Å². The number of nitrogens with one attached hydrogen (secondary N) is 2. The van der Waals surface area contributed by atoms with E-state index in [2.05, 4.69) is 15.4 Å². The number of carbonyl (C=O) groups is 2. The molecule has 1 spiro atoms. The van der Waals surface area contributed by atoms with Gasteiger partial charge in [-0.3, -0.25) is 4.79 Å². The van der Waals surface area contributed by atoms with Crippen LogP contribution in [0.2, 0.25) is 0 Å². The SMILES string of the molecule is N#CC1(NC(=O)C(CC(F)(F)Cc2ccccc2OC(F)(F)F)NC(=O)N2CCC3(CC2)CC3)CC1. The summed E-state index contributed by atoms with van der Waals surface area (Å²) >= 11 is 0. The lowest BCUT2D eigenvalue weighted by Crippen LogP contribution is -2.56. The lowest BCUT2D eigenvalue weighted by molar-refractivity contribution is -0.275. The van der Waals surface area contributed by atoms with Crippen LogP contribution in [0.5, 0.6) is 5.75 Å². The molecule has 3 aliphatic rings. The number of hydrogen-bond donors (Lipinski definition) is 2. The third-order valence-corrected chi connectivity index (χ3v) is 7.16. The zero-order chi connectivity index (χ0) is 26.2. The third kappa shape index (κ3) is 6.56. The molecular weight excluding hydrogens is 487 g/mol. The predicted octanol–water partition coefficient (Wildman–Crippen LogP) is 4.28. The monoisotopic (exact) mass is 514 g/mol. The third-order valence-electron chi connectivity index (χ3n) is 7.16. The molecule has 196 valence electrons. The smallest absolute Gasteiger partial charge is 0.405 e. The summed E-state index contributed by atoms with van der Waals surface area (Å²) in [4.78, 5) is 27.2. The van der Waals surface area contributed by atoms with Crippen molar-refractivity contribution < 1.29 is 36.3 Å². The van der Waals surface area contributed by atoms with Gasteiger partial charge in [-0.15, -0.1) is 13.2 Å². The van der Waals surface area contributed by atoms with E-state index < -0.39 is 60.0 Å². The molecule has 1 aliphatic heterocycles. The van der Waals surface area contributed by atoms with Gasteiger partial charge in [0.05, 0.1) is 6.07 Å². The fourth-order valence-corrected chi connectivity index (χ4v) is 4.55. The summed E-state index contributed by atoms with van der Waals surface area (Å²) in [6, 6.07) is 4.12. The Morgan fingerprint density at radius 2 is 1.69 bits per heavy atom. The van der Waals surface area contributed by atoms with Crippen LogP contribution in [0.1, 0.15) is 50.5 Å². The molecule has 1 aromatic carbocycles. The number of para-hydroxylation sites is 1. The number of rotatable bonds is 8. The molecule has 3 fully saturated rings. The van der Waals surface area contributed by atoms with E-state index in [1.54, 1.807) is 0 Å². The molecule has 1 saturated heterocycles. The number of ether oxygens (including phenoxy) is 1. The molecule has 12 heteroatoms. The van der Waals surface area contributed by atoms with Gasteiger partial charge in [-0.25, -0.2) is 13.6 Å². The second-order valence-corrected chi connectivity index (χ2v) is 10.1. The van der Waals surface area contributed by atoms with Gasteiger partial charge in [0.2, 0.25) is 5.91 Å². The first-order valence-electron chi connectivity index (χ1n) is 11.8. The van der Waals surface area contributed by atoms with Gasteiger partial charge < -0.3 is 20.3 Å². The molecule has 2 saturated carbocycles. The summed E-state index contributed by atoms with van der Waals surface area (Å²) in [5, 5.41) is 14.1. The van der Waals surface area contributed by atoms with Crippen LogP contribution >= 0.6 is 0 Å². The van der Waals surface area contributed by atoms with Crippen molar-refractivity contribution >= 4 is 11.9 Å². The number of alkyl halides is 5. The summed E-state index contributed by atoms with van der Waals surface area (Å²) in [5.41, 5.74) is -1.27. The summed E-state index contributed by atoms with van der Waals surface area (Å²) in [7, 11) is 0. The van der Waals surface area contributed by atoms with Gasteiger partial charge in [-0.05, 0) is 50.0 Å². The Hall–Kier alpha value is -3.10. The van der Waals surface area contributed by atoms with Crippen molar-refractivity contribution in [1.82, 2.24) is 15.5 Å². The molecule has 1 aromatic rings. The molecule has 2 aliphatic carbocycles. The van der Waals surface area contributed by atoms with Gasteiger partial charge in [-0.2, -0.15) is 5.26 Å². The average Bonchev–Trinajstić information content (AvgIpc) is 3.72. The van der Waals surface area contributed by atoms with Crippen LogP contribution in [0.3, 0.4) is 0 Å². The van der Waals surface area contributed by atoms with Crippen LogP contribution < -0.4 is 15.4 Å². The fourth-order valence-electron chi connectivity index (χ4n) is 4.55. The highest BCUT2D eigenvalue weighted by Crippen LogP contribution is 2.53. The van der Waals surface area contributed by atoms with Crippen LogP contribution in [-0.2, 0) is 11.2 Å². The molecule has 7 nitrogen and oxygen atoms in total. The first kappa shape index (κ1) is 26.0. The van der Waals surface area contributed by atoms with Crippen LogP contribution in [0.15, 0.2) is 24.3 Å². The van der Waals surface area contributed by atoms with Gasteiger partial charge in [-0.1, -0.05) is 18.2 Å². The van der Waals surface area contributed by atoms with Gasteiger partial charge >= 0.3 is 12.4 Å². The van der Waals surface area contributed by atoms with Crippen LogP contribution in [0.25, 0.3) is 0 Å². The van der Waals surface area contributed by atoms with E-state index in [4.69, 9.17) is 0 Å². The molecule has 0 bridgehead atoms. The zero-order valence-corrected chi connectivity index (χ0v) is 19.5. The van der Waals surface area contributed by atoms with Gasteiger partial charge in [0.1, 0.15) is 17.3 Å². The highest BCUT2D eigenvalue weighted by Gasteiger charge is 2.48. The Bertz CT molecular complexity index is 1040. The Kier molecular flexibility index (Phi) is 6.79. The standard InChI is InChI=1S/C24H27F5N4O3/c25-23(26,13-16-3-1-2-4-18(16)36-24(27,28)29)14-17(19(34)32-22(15-30)7-8-22)31-20(35)33-11-9-21(5-6-21)10-12-33/h1-4,17H,5-14H2,(H,31,35)(H,32,34). The van der Waals surface area contributed by atoms with E-state index in [0.29, 0.717) is 25.9 Å². The second-order valence-electron chi connectivity index (χ2n) is 10.1. The van der Waals surface area contributed by atoms with Gasteiger partial charge in [0.25, 0.3) is 5.92 Å². The molecular formula is C24H27F5N4O3. The fraction of sp³-hybridized carbons (Fsp3) is 0.625. The Balaban J connectivity index is 1.46. The molecule has 36 heavy (non-hydrogen) atoms. The van der Waals surface area contributed by atoms with Crippen molar-refractivity contribution in [3.05, 3.63) is 29.8 Å². The molecule has 1 heterocycles. The molecule has 4 rings (SSSR count). The highest BCUT2D eigenvalue weighted by atomic mass is 19.4. The first-order chi connectivity index (χ1) is 16.8. The minimum Gasteiger partial charge on any atom is -0.405 e. The minimum absolute atomic E-state index is 0.275. The Morgan fingerprint density at radius 1 is 1.06 bits per heavy atom.